The van der Waals surface area contributed by atoms with Crippen molar-refractivity contribution in [3.05, 3.63) is 29.6 Å². The smallest absolute Gasteiger partial charge is 0.335 e. The number of hydrogen-bond donors (Lipinski definition) is 3. The molecule has 1 aromatic rings. The van der Waals surface area contributed by atoms with Crippen LogP contribution in [0.15, 0.2) is 18.2 Å². The predicted octanol–water partition coefficient (Wildman–Crippen LogP) is 3.22. The highest BCUT2D eigenvalue weighted by molar-refractivity contribution is 5.91. The molecule has 0 bridgehead atoms. The second kappa shape index (κ2) is 6.56. The Kier molecular flexibility index (Phi) is 4.77. The summed E-state index contributed by atoms with van der Waals surface area (Å²) in [7, 11) is 0. The number of anilines is 1. The molecule has 6 heteroatoms. The Hall–Kier alpha value is -2.11. The Morgan fingerprint density at radius 3 is 2.48 bits per heavy atom. The van der Waals surface area contributed by atoms with Gasteiger partial charge in [0.15, 0.2) is 0 Å². The van der Waals surface area contributed by atoms with Crippen molar-refractivity contribution >= 4 is 17.7 Å². The lowest BCUT2D eigenvalue weighted by Gasteiger charge is -2.26. The lowest BCUT2D eigenvalue weighted by Crippen LogP contribution is -2.40. The van der Waals surface area contributed by atoms with E-state index in [1.165, 1.54) is 12.1 Å². The summed E-state index contributed by atoms with van der Waals surface area (Å²) < 4.78 is 13.7. The van der Waals surface area contributed by atoms with E-state index in [4.69, 9.17) is 5.11 Å². The number of amides is 2. The Morgan fingerprint density at radius 2 is 1.90 bits per heavy atom. The quantitative estimate of drug-likeness (QED) is 0.801. The first kappa shape index (κ1) is 15.3. The Bertz CT molecular complexity index is 540. The van der Waals surface area contributed by atoms with Gasteiger partial charge in [-0.05, 0) is 49.8 Å². The summed E-state index contributed by atoms with van der Waals surface area (Å²) in [5.41, 5.74) is -0.179. The number of rotatable bonds is 3. The van der Waals surface area contributed by atoms with Gasteiger partial charge in [0.1, 0.15) is 5.82 Å². The number of benzene rings is 1. The zero-order valence-corrected chi connectivity index (χ0v) is 11.9. The number of carboxylic acids is 1. The molecule has 1 saturated carbocycles. The van der Waals surface area contributed by atoms with Gasteiger partial charge in [-0.1, -0.05) is 6.92 Å². The molecule has 0 heterocycles. The van der Waals surface area contributed by atoms with Crippen LogP contribution in [0.3, 0.4) is 0 Å². The van der Waals surface area contributed by atoms with Crippen LogP contribution in [0.5, 0.6) is 0 Å². The van der Waals surface area contributed by atoms with Crippen LogP contribution in [0, 0.1) is 11.7 Å². The average molecular weight is 294 g/mol. The number of urea groups is 1. The zero-order valence-electron chi connectivity index (χ0n) is 11.9. The van der Waals surface area contributed by atoms with Gasteiger partial charge in [-0.25, -0.2) is 14.0 Å². The van der Waals surface area contributed by atoms with Gasteiger partial charge < -0.3 is 15.7 Å². The molecular formula is C15H19FN2O3. The van der Waals surface area contributed by atoms with E-state index in [1.54, 1.807) is 0 Å². The standard InChI is InChI=1S/C15H19FN2O3/c1-9-2-5-11(6-3-9)17-15(21)18-13-7-4-10(14(19)20)8-12(13)16/h4,7-9,11H,2-3,5-6H2,1H3,(H,19,20)(H2,17,18,21). The molecule has 1 aliphatic rings. The van der Waals surface area contributed by atoms with E-state index in [2.05, 4.69) is 17.6 Å². The Balaban J connectivity index is 1.92. The van der Waals surface area contributed by atoms with Crippen molar-refractivity contribution in [2.24, 2.45) is 5.92 Å². The Labute approximate surface area is 122 Å². The third-order valence-electron chi connectivity index (χ3n) is 3.82. The van der Waals surface area contributed by atoms with E-state index in [0.29, 0.717) is 5.92 Å². The van der Waals surface area contributed by atoms with Gasteiger partial charge in [0, 0.05) is 6.04 Å². The summed E-state index contributed by atoms with van der Waals surface area (Å²) in [4.78, 5) is 22.5. The fourth-order valence-corrected chi connectivity index (χ4v) is 2.50. The molecule has 2 amide bonds. The van der Waals surface area contributed by atoms with Gasteiger partial charge in [0.05, 0.1) is 11.3 Å². The summed E-state index contributed by atoms with van der Waals surface area (Å²) in [5, 5.41) is 14.0. The van der Waals surface area contributed by atoms with E-state index in [0.717, 1.165) is 31.7 Å². The predicted molar refractivity (Wildman–Crippen MR) is 76.9 cm³/mol. The number of halogens is 1. The maximum absolute atomic E-state index is 13.7. The number of nitrogens with one attached hydrogen (secondary N) is 2. The van der Waals surface area contributed by atoms with Gasteiger partial charge >= 0.3 is 12.0 Å². The molecule has 114 valence electrons. The molecule has 21 heavy (non-hydrogen) atoms. The molecule has 0 radical (unpaired) electrons. The number of carboxylic acid groups (broad SMARTS) is 1. The van der Waals surface area contributed by atoms with Crippen LogP contribution >= 0.6 is 0 Å². The fraction of sp³-hybridized carbons (Fsp3) is 0.467. The first-order chi connectivity index (χ1) is 9.95. The monoisotopic (exact) mass is 294 g/mol. The molecule has 0 saturated heterocycles. The van der Waals surface area contributed by atoms with Gasteiger partial charge in [-0.2, -0.15) is 0 Å². The largest absolute Gasteiger partial charge is 0.478 e. The molecule has 0 unspecified atom stereocenters. The van der Waals surface area contributed by atoms with Crippen molar-refractivity contribution < 1.29 is 19.1 Å². The topological polar surface area (TPSA) is 78.4 Å². The maximum Gasteiger partial charge on any atom is 0.335 e. The van der Waals surface area contributed by atoms with Crippen LogP contribution in [0.4, 0.5) is 14.9 Å². The van der Waals surface area contributed by atoms with Crippen molar-refractivity contribution in [2.45, 2.75) is 38.6 Å². The summed E-state index contributed by atoms with van der Waals surface area (Å²) in [5.74, 6) is -1.28. The number of carbonyl (C=O) groups excluding carboxylic acids is 1. The highest BCUT2D eigenvalue weighted by atomic mass is 19.1. The SMILES string of the molecule is CC1CCC(NC(=O)Nc2ccc(C(=O)O)cc2F)CC1. The minimum absolute atomic E-state index is 0.0262. The van der Waals surface area contributed by atoms with Crippen LogP contribution < -0.4 is 10.6 Å². The molecule has 0 aromatic heterocycles. The lowest BCUT2D eigenvalue weighted by atomic mass is 9.87. The van der Waals surface area contributed by atoms with E-state index in [1.807, 2.05) is 0 Å². The fourth-order valence-electron chi connectivity index (χ4n) is 2.50. The number of aromatic carboxylic acids is 1. The molecule has 0 aliphatic heterocycles. The lowest BCUT2D eigenvalue weighted by molar-refractivity contribution is 0.0696. The molecule has 0 spiro atoms. The molecule has 2 rings (SSSR count). The van der Waals surface area contributed by atoms with Crippen LogP contribution in [0.1, 0.15) is 43.0 Å². The normalized spacial score (nSPS) is 21.6. The third kappa shape index (κ3) is 4.18. The van der Waals surface area contributed by atoms with Gasteiger partial charge in [-0.15, -0.1) is 0 Å². The molecule has 0 atom stereocenters. The summed E-state index contributed by atoms with van der Waals surface area (Å²) in [6.45, 7) is 2.19. The van der Waals surface area contributed by atoms with E-state index in [9.17, 15) is 14.0 Å². The molecule has 3 N–H and O–H groups in total. The summed E-state index contributed by atoms with van der Waals surface area (Å²) in [6, 6.07) is 3.05. The number of hydrogen-bond acceptors (Lipinski definition) is 2. The highest BCUT2D eigenvalue weighted by Gasteiger charge is 2.20. The molecular weight excluding hydrogens is 275 g/mol. The van der Waals surface area contributed by atoms with Gasteiger partial charge in [0.2, 0.25) is 0 Å². The first-order valence-electron chi connectivity index (χ1n) is 7.06. The van der Waals surface area contributed by atoms with Crippen molar-refractivity contribution in [3.63, 3.8) is 0 Å². The van der Waals surface area contributed by atoms with Crippen LogP contribution in [0.25, 0.3) is 0 Å². The second-order valence-corrected chi connectivity index (χ2v) is 5.56. The van der Waals surface area contributed by atoms with Gasteiger partial charge in [-0.3, -0.25) is 0 Å². The molecule has 1 aromatic carbocycles. The van der Waals surface area contributed by atoms with Gasteiger partial charge in [0.25, 0.3) is 0 Å². The minimum Gasteiger partial charge on any atom is -0.478 e. The van der Waals surface area contributed by atoms with Crippen molar-refractivity contribution in [1.29, 1.82) is 0 Å². The molecule has 5 nitrogen and oxygen atoms in total. The first-order valence-corrected chi connectivity index (χ1v) is 7.06. The zero-order chi connectivity index (χ0) is 15.4. The third-order valence-corrected chi connectivity index (χ3v) is 3.82. The highest BCUT2D eigenvalue weighted by Crippen LogP contribution is 2.23. The average Bonchev–Trinajstić information content (AvgIpc) is 2.43. The molecule has 1 fully saturated rings. The second-order valence-electron chi connectivity index (χ2n) is 5.56. The van der Waals surface area contributed by atoms with Crippen LogP contribution in [0.2, 0.25) is 0 Å². The van der Waals surface area contributed by atoms with Crippen molar-refractivity contribution in [3.8, 4) is 0 Å². The minimum atomic E-state index is -1.21. The van der Waals surface area contributed by atoms with Crippen LogP contribution in [-0.4, -0.2) is 23.1 Å². The Morgan fingerprint density at radius 1 is 1.24 bits per heavy atom. The van der Waals surface area contributed by atoms with Crippen molar-refractivity contribution in [1.82, 2.24) is 5.32 Å². The number of carbonyl (C=O) groups is 2. The van der Waals surface area contributed by atoms with E-state index < -0.39 is 17.8 Å². The van der Waals surface area contributed by atoms with Crippen molar-refractivity contribution in [2.75, 3.05) is 5.32 Å². The molecule has 1 aliphatic carbocycles. The van der Waals surface area contributed by atoms with E-state index >= 15 is 0 Å². The summed E-state index contributed by atoms with van der Waals surface area (Å²) in [6.07, 6.45) is 4.00. The van der Waals surface area contributed by atoms with Crippen LogP contribution in [-0.2, 0) is 0 Å². The van der Waals surface area contributed by atoms with E-state index in [-0.39, 0.29) is 17.3 Å². The maximum atomic E-state index is 13.7. The summed E-state index contributed by atoms with van der Waals surface area (Å²) >= 11 is 0.